The standard InChI is InChI=1S/C22H26FN3O3/c1-29-19-10-8-18(9-11-19)25-22(28)20-3-2-14-26(20)15-21(27)24-13-12-16-4-6-17(23)7-5-16/h4-11,20H,2-3,12-15H2,1H3,(H,24,27)(H,25,28). The van der Waals surface area contributed by atoms with Crippen LogP contribution in [0.25, 0.3) is 0 Å². The first-order valence-corrected chi connectivity index (χ1v) is 9.75. The van der Waals surface area contributed by atoms with E-state index >= 15 is 0 Å². The van der Waals surface area contributed by atoms with E-state index in [0.717, 1.165) is 24.2 Å². The Morgan fingerprint density at radius 2 is 1.86 bits per heavy atom. The van der Waals surface area contributed by atoms with Gasteiger partial charge in [-0.25, -0.2) is 4.39 Å². The van der Waals surface area contributed by atoms with E-state index in [9.17, 15) is 14.0 Å². The van der Waals surface area contributed by atoms with Crippen LogP contribution in [-0.4, -0.2) is 49.5 Å². The van der Waals surface area contributed by atoms with E-state index in [2.05, 4.69) is 10.6 Å². The summed E-state index contributed by atoms with van der Waals surface area (Å²) in [6.07, 6.45) is 2.24. The lowest BCUT2D eigenvalue weighted by atomic mass is 10.1. The van der Waals surface area contributed by atoms with Crippen LogP contribution in [-0.2, 0) is 16.0 Å². The molecule has 6 nitrogen and oxygen atoms in total. The zero-order chi connectivity index (χ0) is 20.6. The molecule has 0 spiro atoms. The lowest BCUT2D eigenvalue weighted by Gasteiger charge is -2.23. The van der Waals surface area contributed by atoms with Crippen LogP contribution in [0.5, 0.6) is 5.75 Å². The van der Waals surface area contributed by atoms with Crippen molar-refractivity contribution < 1.29 is 18.7 Å². The number of likely N-dealkylation sites (tertiary alicyclic amines) is 1. The second kappa shape index (κ2) is 10.0. The van der Waals surface area contributed by atoms with Crippen molar-refractivity contribution in [2.24, 2.45) is 0 Å². The van der Waals surface area contributed by atoms with E-state index in [0.29, 0.717) is 25.2 Å². The van der Waals surface area contributed by atoms with E-state index in [4.69, 9.17) is 4.74 Å². The Hall–Kier alpha value is -2.93. The van der Waals surface area contributed by atoms with E-state index < -0.39 is 0 Å². The molecule has 1 unspecified atom stereocenters. The molecule has 3 rings (SSSR count). The molecule has 2 aromatic carbocycles. The maximum Gasteiger partial charge on any atom is 0.241 e. The number of nitrogens with zero attached hydrogens (tertiary/aromatic N) is 1. The number of nitrogens with one attached hydrogen (secondary N) is 2. The number of amides is 2. The summed E-state index contributed by atoms with van der Waals surface area (Å²) in [5.74, 6) is 0.233. The van der Waals surface area contributed by atoms with Gasteiger partial charge in [0.15, 0.2) is 0 Å². The van der Waals surface area contributed by atoms with Crippen LogP contribution in [0.2, 0.25) is 0 Å². The zero-order valence-corrected chi connectivity index (χ0v) is 16.5. The third kappa shape index (κ3) is 6.02. The lowest BCUT2D eigenvalue weighted by molar-refractivity contribution is -0.124. The second-order valence-electron chi connectivity index (χ2n) is 7.07. The molecule has 2 amide bonds. The molecule has 0 aliphatic carbocycles. The van der Waals surface area contributed by atoms with Crippen molar-refractivity contribution in [3.63, 3.8) is 0 Å². The van der Waals surface area contributed by atoms with Crippen LogP contribution in [0.1, 0.15) is 18.4 Å². The van der Waals surface area contributed by atoms with Gasteiger partial charge in [-0.15, -0.1) is 0 Å². The predicted octanol–water partition coefficient (Wildman–Crippen LogP) is 2.60. The quantitative estimate of drug-likeness (QED) is 0.716. The third-order valence-electron chi connectivity index (χ3n) is 5.02. The fraction of sp³-hybridized carbons (Fsp3) is 0.364. The van der Waals surface area contributed by atoms with Gasteiger partial charge in [0, 0.05) is 12.2 Å². The summed E-state index contributed by atoms with van der Waals surface area (Å²) in [6.45, 7) is 1.37. The number of anilines is 1. The Morgan fingerprint density at radius 3 is 2.55 bits per heavy atom. The molecule has 0 saturated carbocycles. The van der Waals surface area contributed by atoms with Crippen LogP contribution < -0.4 is 15.4 Å². The minimum absolute atomic E-state index is 0.105. The molecular formula is C22H26FN3O3. The summed E-state index contributed by atoms with van der Waals surface area (Å²) in [5.41, 5.74) is 1.66. The highest BCUT2D eigenvalue weighted by Crippen LogP contribution is 2.20. The molecule has 1 aliphatic heterocycles. The van der Waals surface area contributed by atoms with Crippen molar-refractivity contribution in [2.45, 2.75) is 25.3 Å². The van der Waals surface area contributed by atoms with Gasteiger partial charge >= 0.3 is 0 Å². The highest BCUT2D eigenvalue weighted by molar-refractivity contribution is 5.95. The van der Waals surface area contributed by atoms with Crippen molar-refractivity contribution in [3.8, 4) is 5.75 Å². The molecule has 2 N–H and O–H groups in total. The Bertz CT molecular complexity index is 824. The summed E-state index contributed by atoms with van der Waals surface area (Å²) in [5, 5.41) is 5.78. The molecule has 1 heterocycles. The molecule has 29 heavy (non-hydrogen) atoms. The molecule has 0 radical (unpaired) electrons. The smallest absolute Gasteiger partial charge is 0.241 e. The summed E-state index contributed by atoms with van der Waals surface area (Å²) in [4.78, 5) is 26.8. The van der Waals surface area contributed by atoms with Crippen molar-refractivity contribution in [1.29, 1.82) is 0 Å². The van der Waals surface area contributed by atoms with Crippen LogP contribution in [0.15, 0.2) is 48.5 Å². The predicted molar refractivity (Wildman–Crippen MR) is 109 cm³/mol. The molecule has 1 saturated heterocycles. The van der Waals surface area contributed by atoms with Crippen LogP contribution >= 0.6 is 0 Å². The minimum Gasteiger partial charge on any atom is -0.497 e. The molecule has 2 aromatic rings. The van der Waals surface area contributed by atoms with Gasteiger partial charge in [-0.1, -0.05) is 12.1 Å². The number of ether oxygens (including phenoxy) is 1. The number of rotatable bonds is 8. The van der Waals surface area contributed by atoms with Crippen molar-refractivity contribution in [3.05, 3.63) is 59.9 Å². The normalized spacial score (nSPS) is 16.4. The largest absolute Gasteiger partial charge is 0.497 e. The molecular weight excluding hydrogens is 373 g/mol. The van der Waals surface area contributed by atoms with Gasteiger partial charge in [0.1, 0.15) is 11.6 Å². The Kier molecular flexibility index (Phi) is 7.19. The number of halogens is 1. The SMILES string of the molecule is COc1ccc(NC(=O)C2CCCN2CC(=O)NCCc2ccc(F)cc2)cc1. The molecule has 0 aromatic heterocycles. The fourth-order valence-corrected chi connectivity index (χ4v) is 3.45. The van der Waals surface area contributed by atoms with Crippen LogP contribution in [0, 0.1) is 5.82 Å². The molecule has 1 aliphatic rings. The second-order valence-corrected chi connectivity index (χ2v) is 7.07. The minimum atomic E-state index is -0.319. The van der Waals surface area contributed by atoms with Gasteiger partial charge in [0.05, 0.1) is 19.7 Å². The number of hydrogen-bond donors (Lipinski definition) is 2. The number of benzene rings is 2. The van der Waals surface area contributed by atoms with E-state index in [1.165, 1.54) is 12.1 Å². The van der Waals surface area contributed by atoms with Gasteiger partial charge < -0.3 is 15.4 Å². The number of carbonyl (C=O) groups excluding carboxylic acids is 2. The third-order valence-corrected chi connectivity index (χ3v) is 5.02. The Morgan fingerprint density at radius 1 is 1.14 bits per heavy atom. The monoisotopic (exact) mass is 399 g/mol. The summed E-state index contributed by atoms with van der Waals surface area (Å²) in [6, 6.07) is 13.1. The first kappa shape index (κ1) is 20.8. The van der Waals surface area contributed by atoms with Gasteiger partial charge in [-0.2, -0.15) is 0 Å². The highest BCUT2D eigenvalue weighted by atomic mass is 19.1. The number of carbonyl (C=O) groups is 2. The number of methoxy groups -OCH3 is 1. The molecule has 0 bridgehead atoms. The first-order chi connectivity index (χ1) is 14.0. The summed E-state index contributed by atoms with van der Waals surface area (Å²) >= 11 is 0. The molecule has 7 heteroatoms. The summed E-state index contributed by atoms with van der Waals surface area (Å²) in [7, 11) is 1.59. The topological polar surface area (TPSA) is 70.7 Å². The summed E-state index contributed by atoms with van der Waals surface area (Å²) < 4.78 is 18.0. The molecule has 154 valence electrons. The van der Waals surface area contributed by atoms with Crippen molar-refractivity contribution in [2.75, 3.05) is 32.1 Å². The lowest BCUT2D eigenvalue weighted by Crippen LogP contribution is -2.45. The maximum atomic E-state index is 12.9. The van der Waals surface area contributed by atoms with Gasteiger partial charge in [-0.05, 0) is 67.8 Å². The molecule has 1 atom stereocenters. The fourth-order valence-electron chi connectivity index (χ4n) is 3.45. The van der Waals surface area contributed by atoms with Crippen molar-refractivity contribution >= 4 is 17.5 Å². The van der Waals surface area contributed by atoms with Gasteiger partial charge in [-0.3, -0.25) is 14.5 Å². The highest BCUT2D eigenvalue weighted by Gasteiger charge is 2.31. The van der Waals surface area contributed by atoms with Gasteiger partial charge in [0.25, 0.3) is 0 Å². The number of hydrogen-bond acceptors (Lipinski definition) is 4. The zero-order valence-electron chi connectivity index (χ0n) is 16.5. The van der Waals surface area contributed by atoms with E-state index in [1.807, 2.05) is 4.90 Å². The average Bonchev–Trinajstić information content (AvgIpc) is 3.18. The van der Waals surface area contributed by atoms with E-state index in [1.54, 1.807) is 43.5 Å². The Labute approximate surface area is 170 Å². The van der Waals surface area contributed by atoms with Crippen LogP contribution in [0.3, 0.4) is 0 Å². The average molecular weight is 399 g/mol. The Balaban J connectivity index is 1.45. The first-order valence-electron chi connectivity index (χ1n) is 9.75. The van der Waals surface area contributed by atoms with E-state index in [-0.39, 0.29) is 30.2 Å². The van der Waals surface area contributed by atoms with Crippen molar-refractivity contribution in [1.82, 2.24) is 10.2 Å². The van der Waals surface area contributed by atoms with Crippen LogP contribution in [0.4, 0.5) is 10.1 Å². The molecule has 1 fully saturated rings. The van der Waals surface area contributed by atoms with Gasteiger partial charge in [0.2, 0.25) is 11.8 Å². The maximum absolute atomic E-state index is 12.9.